The fraction of sp³-hybridized carbons (Fsp3) is 0.0476. The number of H-pyrrole nitrogens is 1. The minimum absolute atomic E-state index is 0.0113. The summed E-state index contributed by atoms with van der Waals surface area (Å²) in [5, 5.41) is 16.6. The quantitative estimate of drug-likeness (QED) is 0.367. The average Bonchev–Trinajstić information content (AvgIpc) is 3.10. The first-order valence-electron chi connectivity index (χ1n) is 8.82. The molecular weight excluding hydrogens is 397 g/mol. The predicted molar refractivity (Wildman–Crippen MR) is 107 cm³/mol. The molecule has 30 heavy (non-hydrogen) atoms. The molecule has 0 aliphatic rings. The van der Waals surface area contributed by atoms with Gasteiger partial charge in [-0.1, -0.05) is 12.1 Å². The Labute approximate surface area is 168 Å². The number of amides is 1. The molecule has 2 aromatic carbocycles. The summed E-state index contributed by atoms with van der Waals surface area (Å²) in [7, 11) is 0. The van der Waals surface area contributed by atoms with Crippen molar-refractivity contribution in [2.24, 2.45) is 0 Å². The van der Waals surface area contributed by atoms with Gasteiger partial charge in [0.25, 0.3) is 5.91 Å². The molecule has 152 valence electrons. The largest absolute Gasteiger partial charge is 0.494 e. The molecule has 0 bridgehead atoms. The molecule has 0 fully saturated rings. The Bertz CT molecular complexity index is 1230. The number of pyridine rings is 1. The van der Waals surface area contributed by atoms with Crippen molar-refractivity contribution in [3.63, 3.8) is 0 Å². The molecular formula is C21H15F3N4O2. The molecule has 4 N–H and O–H groups in total. The van der Waals surface area contributed by atoms with Crippen molar-refractivity contribution < 1.29 is 23.1 Å². The van der Waals surface area contributed by atoms with Crippen LogP contribution in [0.4, 0.5) is 30.4 Å². The van der Waals surface area contributed by atoms with Crippen molar-refractivity contribution in [2.75, 3.05) is 10.6 Å². The summed E-state index contributed by atoms with van der Waals surface area (Å²) in [6, 6.07) is 12.7. The van der Waals surface area contributed by atoms with E-state index in [4.69, 9.17) is 0 Å². The molecule has 9 heteroatoms. The van der Waals surface area contributed by atoms with Gasteiger partial charge in [0.1, 0.15) is 5.82 Å². The van der Waals surface area contributed by atoms with Gasteiger partial charge in [0.2, 0.25) is 0 Å². The van der Waals surface area contributed by atoms with Crippen LogP contribution in [-0.2, 0) is 6.18 Å². The summed E-state index contributed by atoms with van der Waals surface area (Å²) in [4.78, 5) is 19.6. The minimum Gasteiger partial charge on any atom is -0.494 e. The average molecular weight is 412 g/mol. The fourth-order valence-electron chi connectivity index (χ4n) is 3.04. The van der Waals surface area contributed by atoms with E-state index in [1.54, 1.807) is 30.5 Å². The van der Waals surface area contributed by atoms with Gasteiger partial charge >= 0.3 is 6.18 Å². The molecule has 4 aromatic rings. The Morgan fingerprint density at radius 2 is 1.83 bits per heavy atom. The van der Waals surface area contributed by atoms with Crippen molar-refractivity contribution in [3.8, 4) is 5.88 Å². The van der Waals surface area contributed by atoms with Crippen molar-refractivity contribution in [2.45, 2.75) is 6.18 Å². The lowest BCUT2D eigenvalue weighted by molar-refractivity contribution is -0.137. The van der Waals surface area contributed by atoms with Gasteiger partial charge in [-0.2, -0.15) is 13.2 Å². The highest BCUT2D eigenvalue weighted by molar-refractivity contribution is 6.08. The van der Waals surface area contributed by atoms with Gasteiger partial charge < -0.3 is 20.7 Å². The molecule has 6 nitrogen and oxygen atoms in total. The van der Waals surface area contributed by atoms with Crippen molar-refractivity contribution in [3.05, 3.63) is 78.1 Å². The lowest BCUT2D eigenvalue weighted by Crippen LogP contribution is -2.15. The number of hydrogen-bond acceptors (Lipinski definition) is 4. The van der Waals surface area contributed by atoms with E-state index in [-0.39, 0.29) is 22.9 Å². The number of carbonyl (C=O) groups excluding carboxylic acids is 1. The molecule has 1 amide bonds. The van der Waals surface area contributed by atoms with Crippen molar-refractivity contribution in [1.29, 1.82) is 0 Å². The maximum Gasteiger partial charge on any atom is 0.416 e. The van der Waals surface area contributed by atoms with Gasteiger partial charge in [-0.05, 0) is 42.5 Å². The zero-order valence-electron chi connectivity index (χ0n) is 15.3. The van der Waals surface area contributed by atoms with E-state index >= 15 is 0 Å². The lowest BCUT2D eigenvalue weighted by Gasteiger charge is -2.13. The third-order valence-corrected chi connectivity index (χ3v) is 4.47. The maximum absolute atomic E-state index is 12.9. The second-order valence-electron chi connectivity index (χ2n) is 6.46. The second-order valence-corrected chi connectivity index (χ2v) is 6.46. The SMILES string of the molecule is O=C(Nc1cccc(C(F)(F)F)c1)c1cccnc1Nc1cccc2c(O)[nH]cc12. The van der Waals surface area contributed by atoms with Gasteiger partial charge in [-0.15, -0.1) is 0 Å². The van der Waals surface area contributed by atoms with Gasteiger partial charge in [0.05, 0.1) is 11.1 Å². The molecule has 0 aliphatic carbocycles. The Morgan fingerprint density at radius 1 is 1.03 bits per heavy atom. The lowest BCUT2D eigenvalue weighted by atomic mass is 10.1. The number of aromatic nitrogens is 2. The molecule has 0 unspecified atom stereocenters. The van der Waals surface area contributed by atoms with Crippen LogP contribution in [0.2, 0.25) is 0 Å². The summed E-state index contributed by atoms with van der Waals surface area (Å²) in [6.07, 6.45) is -1.42. The van der Waals surface area contributed by atoms with Crippen LogP contribution < -0.4 is 10.6 Å². The maximum atomic E-state index is 12.9. The Hall–Kier alpha value is -4.01. The highest BCUT2D eigenvalue weighted by atomic mass is 19.4. The highest BCUT2D eigenvalue weighted by Crippen LogP contribution is 2.33. The van der Waals surface area contributed by atoms with Crippen LogP contribution in [0.3, 0.4) is 0 Å². The number of anilines is 3. The van der Waals surface area contributed by atoms with E-state index < -0.39 is 17.6 Å². The first-order chi connectivity index (χ1) is 14.3. The Balaban J connectivity index is 1.63. The van der Waals surface area contributed by atoms with Crippen LogP contribution in [-0.4, -0.2) is 21.0 Å². The normalized spacial score (nSPS) is 11.4. The van der Waals surface area contributed by atoms with E-state index in [0.29, 0.717) is 16.5 Å². The minimum atomic E-state index is -4.51. The first kappa shape index (κ1) is 19.3. The summed E-state index contributed by atoms with van der Waals surface area (Å²) < 4.78 is 38.7. The molecule has 2 aromatic heterocycles. The standard InChI is InChI=1S/C21H15F3N4O2/c22-21(23,24)12-4-1-5-13(10-12)27-20(30)15-7-3-9-25-18(15)28-17-8-2-6-14-16(17)11-26-19(14)29/h1-11,26,29H,(H,25,28)(H,27,30). The second kappa shape index (κ2) is 7.43. The fourth-order valence-corrected chi connectivity index (χ4v) is 3.04. The number of nitrogens with zero attached hydrogens (tertiary/aromatic N) is 1. The number of benzene rings is 2. The molecule has 0 aliphatic heterocycles. The number of rotatable bonds is 4. The monoisotopic (exact) mass is 412 g/mol. The topological polar surface area (TPSA) is 90.0 Å². The number of fused-ring (bicyclic) bond motifs is 1. The molecule has 0 atom stereocenters. The van der Waals surface area contributed by atoms with Crippen molar-refractivity contribution >= 4 is 33.9 Å². The number of carbonyl (C=O) groups is 1. The van der Waals surface area contributed by atoms with Gasteiger partial charge in [0.15, 0.2) is 5.88 Å². The number of alkyl halides is 3. The molecule has 0 radical (unpaired) electrons. The Kier molecular flexibility index (Phi) is 4.78. The third kappa shape index (κ3) is 3.77. The number of nitrogens with one attached hydrogen (secondary N) is 3. The highest BCUT2D eigenvalue weighted by Gasteiger charge is 2.30. The Morgan fingerprint density at radius 3 is 2.63 bits per heavy atom. The summed E-state index contributed by atoms with van der Waals surface area (Å²) in [5.41, 5.74) is -0.103. The molecule has 0 spiro atoms. The third-order valence-electron chi connectivity index (χ3n) is 4.47. The zero-order valence-corrected chi connectivity index (χ0v) is 15.3. The summed E-state index contributed by atoms with van der Waals surface area (Å²) >= 11 is 0. The molecule has 0 saturated carbocycles. The number of aromatic amines is 1. The number of hydrogen-bond donors (Lipinski definition) is 4. The van der Waals surface area contributed by atoms with Gasteiger partial charge in [-0.3, -0.25) is 4.79 Å². The van der Waals surface area contributed by atoms with Crippen LogP contribution in [0.25, 0.3) is 10.8 Å². The van der Waals surface area contributed by atoms with E-state index in [2.05, 4.69) is 20.6 Å². The van der Waals surface area contributed by atoms with E-state index in [9.17, 15) is 23.1 Å². The van der Waals surface area contributed by atoms with Crippen molar-refractivity contribution in [1.82, 2.24) is 9.97 Å². The number of halogens is 3. The van der Waals surface area contributed by atoms with E-state index in [1.165, 1.54) is 24.4 Å². The smallest absolute Gasteiger partial charge is 0.416 e. The van der Waals surface area contributed by atoms with Crippen LogP contribution in [0.1, 0.15) is 15.9 Å². The van der Waals surface area contributed by atoms with Crippen LogP contribution in [0.15, 0.2) is 67.0 Å². The number of aromatic hydroxyl groups is 1. The predicted octanol–water partition coefficient (Wildman–Crippen LogP) is 5.28. The zero-order chi connectivity index (χ0) is 21.3. The van der Waals surface area contributed by atoms with Crippen LogP contribution >= 0.6 is 0 Å². The van der Waals surface area contributed by atoms with Crippen LogP contribution in [0.5, 0.6) is 5.88 Å². The summed E-state index contributed by atoms with van der Waals surface area (Å²) in [5.74, 6) is -0.388. The van der Waals surface area contributed by atoms with E-state index in [0.717, 1.165) is 12.1 Å². The van der Waals surface area contributed by atoms with Gasteiger partial charge in [-0.25, -0.2) is 4.98 Å². The van der Waals surface area contributed by atoms with E-state index in [1.807, 2.05) is 0 Å². The molecule has 0 saturated heterocycles. The van der Waals surface area contributed by atoms with Crippen LogP contribution in [0, 0.1) is 0 Å². The summed E-state index contributed by atoms with van der Waals surface area (Å²) in [6.45, 7) is 0. The first-order valence-corrected chi connectivity index (χ1v) is 8.82. The molecule has 2 heterocycles. The molecule has 4 rings (SSSR count). The van der Waals surface area contributed by atoms with Gasteiger partial charge in [0, 0.05) is 34.5 Å².